The van der Waals surface area contributed by atoms with Gasteiger partial charge in [0, 0.05) is 11.6 Å². The van der Waals surface area contributed by atoms with Crippen LogP contribution in [0.2, 0.25) is 5.02 Å². The number of hydrogen-bond acceptors (Lipinski definition) is 4. The van der Waals surface area contributed by atoms with Crippen molar-refractivity contribution in [3.8, 4) is 5.75 Å². The van der Waals surface area contributed by atoms with E-state index in [-0.39, 0.29) is 21.7 Å². The molecule has 2 aromatic rings. The molecule has 2 unspecified atom stereocenters. The molecule has 1 heterocycles. The van der Waals surface area contributed by atoms with Gasteiger partial charge in [-0.3, -0.25) is 9.55 Å². The van der Waals surface area contributed by atoms with Gasteiger partial charge in [0.05, 0.1) is 29.9 Å². The Kier molecular flexibility index (Phi) is 5.63. The minimum absolute atomic E-state index is 0.0124. The van der Waals surface area contributed by atoms with E-state index >= 15 is 0 Å². The molecule has 8 heteroatoms. The zero-order valence-electron chi connectivity index (χ0n) is 13.0. The van der Waals surface area contributed by atoms with Gasteiger partial charge in [-0.25, -0.2) is 4.39 Å². The summed E-state index contributed by atoms with van der Waals surface area (Å²) in [4.78, 5) is 14.1. The molecule has 0 saturated carbocycles. The summed E-state index contributed by atoms with van der Waals surface area (Å²) < 4.78 is 37.0. The number of benzene rings is 1. The SMILES string of the molecule is CCC(C)OP(=O)(O)Cc1c(Cl)cnc2ccc(OC)c(F)c12. The Hall–Kier alpha value is -1.20. The van der Waals surface area contributed by atoms with Crippen molar-refractivity contribution in [2.45, 2.75) is 32.5 Å². The second-order valence-electron chi connectivity index (χ2n) is 5.18. The van der Waals surface area contributed by atoms with Gasteiger partial charge in [0.25, 0.3) is 0 Å². The molecule has 1 aromatic heterocycles. The van der Waals surface area contributed by atoms with Crippen LogP contribution < -0.4 is 4.74 Å². The molecule has 0 aliphatic rings. The van der Waals surface area contributed by atoms with Crippen molar-refractivity contribution < 1.29 is 23.1 Å². The standard InChI is InChI=1S/C15H18ClFNO4P/c1-4-9(2)22-23(19,20)8-10-11(16)7-18-12-5-6-13(21-3)15(17)14(10)12/h5-7,9H,4,8H2,1-3H3,(H,19,20). The highest BCUT2D eigenvalue weighted by molar-refractivity contribution is 7.52. The van der Waals surface area contributed by atoms with Gasteiger partial charge in [-0.05, 0) is 31.0 Å². The van der Waals surface area contributed by atoms with E-state index in [1.165, 1.54) is 19.4 Å². The molecule has 0 aliphatic carbocycles. The minimum atomic E-state index is -3.98. The smallest absolute Gasteiger partial charge is 0.332 e. The van der Waals surface area contributed by atoms with E-state index in [2.05, 4.69) is 4.98 Å². The van der Waals surface area contributed by atoms with Gasteiger partial charge in [-0.15, -0.1) is 0 Å². The summed E-state index contributed by atoms with van der Waals surface area (Å²) >= 11 is 6.09. The van der Waals surface area contributed by atoms with Gasteiger partial charge in [-0.2, -0.15) is 0 Å². The molecule has 1 aromatic carbocycles. The van der Waals surface area contributed by atoms with E-state index in [0.717, 1.165) is 0 Å². The Labute approximate surface area is 138 Å². The highest BCUT2D eigenvalue weighted by atomic mass is 35.5. The molecular formula is C15H18ClFNO4P. The molecule has 0 fully saturated rings. The minimum Gasteiger partial charge on any atom is -0.494 e. The van der Waals surface area contributed by atoms with Crippen molar-refractivity contribution >= 4 is 30.1 Å². The molecule has 23 heavy (non-hydrogen) atoms. The number of nitrogens with zero attached hydrogens (tertiary/aromatic N) is 1. The molecular weight excluding hydrogens is 344 g/mol. The van der Waals surface area contributed by atoms with Crippen LogP contribution in [0.3, 0.4) is 0 Å². The summed E-state index contributed by atoms with van der Waals surface area (Å²) in [5.41, 5.74) is 0.508. The summed E-state index contributed by atoms with van der Waals surface area (Å²) in [5.74, 6) is -0.656. The lowest BCUT2D eigenvalue weighted by Gasteiger charge is -2.18. The number of aromatic nitrogens is 1. The molecule has 0 spiro atoms. The highest BCUT2D eigenvalue weighted by Gasteiger charge is 2.27. The Balaban J connectivity index is 2.55. The second kappa shape index (κ2) is 7.14. The fourth-order valence-corrected chi connectivity index (χ4v) is 3.99. The molecule has 2 rings (SSSR count). The van der Waals surface area contributed by atoms with E-state index in [4.69, 9.17) is 20.9 Å². The van der Waals surface area contributed by atoms with Gasteiger partial charge >= 0.3 is 7.60 Å². The van der Waals surface area contributed by atoms with Crippen LogP contribution in [0.25, 0.3) is 10.9 Å². The normalized spacial score (nSPS) is 15.4. The summed E-state index contributed by atoms with van der Waals surface area (Å²) in [6, 6.07) is 3.01. The first-order valence-electron chi connectivity index (χ1n) is 7.08. The number of rotatable bonds is 6. The zero-order chi connectivity index (χ0) is 17.2. The fraction of sp³-hybridized carbons (Fsp3) is 0.400. The first-order valence-corrected chi connectivity index (χ1v) is 9.23. The third kappa shape index (κ3) is 4.01. The molecule has 1 N–H and O–H groups in total. The number of methoxy groups -OCH3 is 1. The van der Waals surface area contributed by atoms with Crippen molar-refractivity contribution in [2.75, 3.05) is 7.11 Å². The quantitative estimate of drug-likeness (QED) is 0.765. The van der Waals surface area contributed by atoms with Gasteiger partial charge in [0.15, 0.2) is 11.6 Å². The lowest BCUT2D eigenvalue weighted by atomic mass is 10.1. The number of fused-ring (bicyclic) bond motifs is 1. The Morgan fingerprint density at radius 2 is 2.17 bits per heavy atom. The second-order valence-corrected chi connectivity index (χ2v) is 7.39. The van der Waals surface area contributed by atoms with Crippen LogP contribution in [0, 0.1) is 5.82 Å². The van der Waals surface area contributed by atoms with Crippen LogP contribution in [-0.4, -0.2) is 23.1 Å². The van der Waals surface area contributed by atoms with Gasteiger partial charge in [0.2, 0.25) is 0 Å². The summed E-state index contributed by atoms with van der Waals surface area (Å²) in [7, 11) is -2.64. The van der Waals surface area contributed by atoms with Crippen molar-refractivity contribution in [1.82, 2.24) is 4.98 Å². The number of hydrogen-bond donors (Lipinski definition) is 1. The van der Waals surface area contributed by atoms with Gasteiger partial charge in [0.1, 0.15) is 0 Å². The average molecular weight is 362 g/mol. The summed E-state index contributed by atoms with van der Waals surface area (Å²) in [5, 5.41) is 0.172. The molecule has 5 nitrogen and oxygen atoms in total. The maximum atomic E-state index is 14.6. The zero-order valence-corrected chi connectivity index (χ0v) is 14.7. The van der Waals surface area contributed by atoms with E-state index in [0.29, 0.717) is 11.9 Å². The molecule has 0 saturated heterocycles. The maximum absolute atomic E-state index is 14.6. The molecule has 126 valence electrons. The third-order valence-electron chi connectivity index (χ3n) is 3.49. The molecule has 0 amide bonds. The van der Waals surface area contributed by atoms with E-state index in [1.807, 2.05) is 6.92 Å². The predicted octanol–water partition coefficient (Wildman–Crippen LogP) is 4.54. The van der Waals surface area contributed by atoms with Crippen LogP contribution in [-0.2, 0) is 15.3 Å². The fourth-order valence-electron chi connectivity index (χ4n) is 2.17. The maximum Gasteiger partial charge on any atom is 0.332 e. The van der Waals surface area contributed by atoms with Crippen LogP contribution in [0.4, 0.5) is 4.39 Å². The Morgan fingerprint density at radius 1 is 1.48 bits per heavy atom. The largest absolute Gasteiger partial charge is 0.494 e. The van der Waals surface area contributed by atoms with Crippen molar-refractivity contribution in [3.63, 3.8) is 0 Å². The molecule has 0 radical (unpaired) electrons. The highest BCUT2D eigenvalue weighted by Crippen LogP contribution is 2.50. The van der Waals surface area contributed by atoms with Gasteiger partial charge in [-0.1, -0.05) is 18.5 Å². The monoisotopic (exact) mass is 361 g/mol. The number of halogens is 2. The lowest BCUT2D eigenvalue weighted by Crippen LogP contribution is -2.06. The van der Waals surface area contributed by atoms with E-state index < -0.39 is 25.7 Å². The molecule has 2 atom stereocenters. The first-order chi connectivity index (χ1) is 10.8. The average Bonchev–Trinajstić information content (AvgIpc) is 2.49. The summed E-state index contributed by atoms with van der Waals surface area (Å²) in [6.45, 7) is 3.53. The molecule has 0 aliphatic heterocycles. The first kappa shape index (κ1) is 18.1. The van der Waals surface area contributed by atoms with Gasteiger partial charge < -0.3 is 14.2 Å². The predicted molar refractivity (Wildman–Crippen MR) is 87.6 cm³/mol. The number of pyridine rings is 1. The Morgan fingerprint density at radius 3 is 2.78 bits per heavy atom. The van der Waals surface area contributed by atoms with E-state index in [9.17, 15) is 13.8 Å². The van der Waals surface area contributed by atoms with Crippen LogP contribution >= 0.6 is 19.2 Å². The molecule has 0 bridgehead atoms. The lowest BCUT2D eigenvalue weighted by molar-refractivity contribution is 0.185. The van der Waals surface area contributed by atoms with Crippen molar-refractivity contribution in [2.24, 2.45) is 0 Å². The summed E-state index contributed by atoms with van der Waals surface area (Å²) in [6.07, 6.45) is 1.11. The van der Waals surface area contributed by atoms with Crippen LogP contribution in [0.1, 0.15) is 25.8 Å². The Bertz CT molecular complexity index is 771. The third-order valence-corrected chi connectivity index (χ3v) is 5.22. The van der Waals surface area contributed by atoms with Crippen molar-refractivity contribution in [3.05, 3.63) is 34.7 Å². The van der Waals surface area contributed by atoms with Crippen LogP contribution in [0.15, 0.2) is 18.3 Å². The topological polar surface area (TPSA) is 68.7 Å². The van der Waals surface area contributed by atoms with Crippen LogP contribution in [0.5, 0.6) is 5.75 Å². The number of ether oxygens (including phenoxy) is 1. The van der Waals surface area contributed by atoms with E-state index in [1.54, 1.807) is 13.0 Å². The van der Waals surface area contributed by atoms with Crippen molar-refractivity contribution in [1.29, 1.82) is 0 Å².